The minimum Gasteiger partial charge on any atom is -0.490 e. The highest BCUT2D eigenvalue weighted by Crippen LogP contribution is 2.37. The van der Waals surface area contributed by atoms with Gasteiger partial charge in [-0.25, -0.2) is 4.79 Å². The number of nitrogens with one attached hydrogen (secondary N) is 1. The van der Waals surface area contributed by atoms with E-state index >= 15 is 0 Å². The summed E-state index contributed by atoms with van der Waals surface area (Å²) in [5.41, 5.74) is 0.876. The molecule has 0 bridgehead atoms. The zero-order chi connectivity index (χ0) is 25.6. The van der Waals surface area contributed by atoms with Crippen molar-refractivity contribution in [2.45, 2.75) is 76.8 Å². The summed E-state index contributed by atoms with van der Waals surface area (Å²) in [5, 5.41) is 2.34. The molecule has 36 heavy (non-hydrogen) atoms. The van der Waals surface area contributed by atoms with E-state index in [0.717, 1.165) is 31.5 Å². The molecule has 0 radical (unpaired) electrons. The van der Waals surface area contributed by atoms with Gasteiger partial charge in [0.05, 0.1) is 6.54 Å². The van der Waals surface area contributed by atoms with Crippen LogP contribution in [0.2, 0.25) is 0 Å². The predicted octanol–water partition coefficient (Wildman–Crippen LogP) is 1.91. The maximum atomic E-state index is 13.0. The molecule has 2 saturated heterocycles. The zero-order valence-corrected chi connectivity index (χ0v) is 21.1. The van der Waals surface area contributed by atoms with Crippen LogP contribution in [0.4, 0.5) is 4.79 Å². The molecule has 1 saturated carbocycles. The molecule has 194 valence electrons. The fourth-order valence-corrected chi connectivity index (χ4v) is 5.38. The predicted molar refractivity (Wildman–Crippen MR) is 129 cm³/mol. The lowest BCUT2D eigenvalue weighted by Crippen LogP contribution is -2.57. The van der Waals surface area contributed by atoms with E-state index in [-0.39, 0.29) is 30.4 Å². The van der Waals surface area contributed by atoms with E-state index in [1.165, 1.54) is 0 Å². The molecule has 1 aliphatic carbocycles. The number of carbonyl (C=O) groups is 4. The van der Waals surface area contributed by atoms with Crippen LogP contribution in [0.15, 0.2) is 18.2 Å². The minimum atomic E-state index is -0.636. The van der Waals surface area contributed by atoms with E-state index in [4.69, 9.17) is 9.47 Å². The van der Waals surface area contributed by atoms with Crippen molar-refractivity contribution in [1.29, 1.82) is 0 Å². The highest BCUT2D eigenvalue weighted by molar-refractivity contribution is 6.05. The Morgan fingerprint density at radius 1 is 1.06 bits per heavy atom. The van der Waals surface area contributed by atoms with Gasteiger partial charge in [0.25, 0.3) is 5.91 Å². The molecule has 1 atom stereocenters. The average molecular weight is 499 g/mol. The largest absolute Gasteiger partial charge is 0.490 e. The van der Waals surface area contributed by atoms with Crippen LogP contribution in [0.3, 0.4) is 0 Å². The third-order valence-corrected chi connectivity index (χ3v) is 7.39. The first-order chi connectivity index (χ1) is 17.1. The molecular formula is C26H34N4O6. The number of nitrogens with zero attached hydrogens (tertiary/aromatic N) is 3. The molecule has 5 rings (SSSR count). The third-order valence-electron chi connectivity index (χ3n) is 7.39. The number of fused-ring (bicyclic) bond motifs is 1. The van der Waals surface area contributed by atoms with Crippen LogP contribution in [0.5, 0.6) is 5.75 Å². The van der Waals surface area contributed by atoms with Crippen molar-refractivity contribution in [3.63, 3.8) is 0 Å². The van der Waals surface area contributed by atoms with Gasteiger partial charge in [-0.3, -0.25) is 24.6 Å². The molecule has 4 amide bonds. The molecule has 4 aliphatic rings. The Bertz CT molecular complexity index is 1070. The standard InChI is InChI=1S/C26H34N4O6/c1-26(2,3)36-25(34)29-11-9-28(10-12-29)16-13-17(14-16)35-21-6-4-5-18-19(21)15-30(24(18)33)20-7-8-22(31)27-23(20)32/h4-6,16-17,20H,7-15H2,1-3H3,(H,27,31,32)/t16-,17-,20?. The van der Waals surface area contributed by atoms with Crippen LogP contribution in [0.1, 0.15) is 62.4 Å². The Hall–Kier alpha value is -3.14. The Balaban J connectivity index is 1.14. The number of piperidine rings is 1. The first-order valence-corrected chi connectivity index (χ1v) is 12.7. The first-order valence-electron chi connectivity index (χ1n) is 12.7. The smallest absolute Gasteiger partial charge is 0.410 e. The number of amides is 4. The number of hydrogen-bond donors (Lipinski definition) is 1. The Kier molecular flexibility index (Phi) is 6.40. The normalized spacial score (nSPS) is 26.9. The van der Waals surface area contributed by atoms with Gasteiger partial charge in [-0.15, -0.1) is 0 Å². The van der Waals surface area contributed by atoms with E-state index < -0.39 is 17.6 Å². The van der Waals surface area contributed by atoms with E-state index in [1.54, 1.807) is 15.9 Å². The third kappa shape index (κ3) is 4.91. The molecule has 1 aromatic rings. The Labute approximate surface area is 210 Å². The van der Waals surface area contributed by atoms with E-state index in [1.807, 2.05) is 32.9 Å². The van der Waals surface area contributed by atoms with E-state index in [0.29, 0.717) is 43.4 Å². The lowest BCUT2D eigenvalue weighted by molar-refractivity contribution is -0.136. The number of imide groups is 1. The number of piperazine rings is 1. The summed E-state index contributed by atoms with van der Waals surface area (Å²) in [7, 11) is 0. The number of benzene rings is 1. The quantitative estimate of drug-likeness (QED) is 0.632. The number of hydrogen-bond acceptors (Lipinski definition) is 7. The van der Waals surface area contributed by atoms with Crippen LogP contribution in [0, 0.1) is 0 Å². The molecule has 0 aromatic heterocycles. The van der Waals surface area contributed by atoms with Gasteiger partial charge in [0.2, 0.25) is 11.8 Å². The highest BCUT2D eigenvalue weighted by atomic mass is 16.6. The van der Waals surface area contributed by atoms with Gasteiger partial charge in [-0.1, -0.05) is 6.07 Å². The van der Waals surface area contributed by atoms with Crippen molar-refractivity contribution in [3.05, 3.63) is 29.3 Å². The van der Waals surface area contributed by atoms with E-state index in [9.17, 15) is 19.2 Å². The topological polar surface area (TPSA) is 108 Å². The summed E-state index contributed by atoms with van der Waals surface area (Å²) in [5.74, 6) is -0.216. The summed E-state index contributed by atoms with van der Waals surface area (Å²) < 4.78 is 11.8. The van der Waals surface area contributed by atoms with Crippen LogP contribution in [-0.2, 0) is 20.9 Å². The van der Waals surface area contributed by atoms with Crippen LogP contribution in [-0.4, -0.2) is 88.5 Å². The van der Waals surface area contributed by atoms with Crippen LogP contribution >= 0.6 is 0 Å². The van der Waals surface area contributed by atoms with Gasteiger partial charge < -0.3 is 19.3 Å². The Morgan fingerprint density at radius 3 is 2.44 bits per heavy atom. The van der Waals surface area contributed by atoms with Crippen molar-refractivity contribution < 1.29 is 28.7 Å². The molecule has 3 fully saturated rings. The highest BCUT2D eigenvalue weighted by Gasteiger charge is 2.42. The van der Waals surface area contributed by atoms with Crippen LogP contribution < -0.4 is 10.1 Å². The summed E-state index contributed by atoms with van der Waals surface area (Å²) in [6.07, 6.45) is 2.16. The fraction of sp³-hybridized carbons (Fsp3) is 0.615. The average Bonchev–Trinajstić information content (AvgIpc) is 3.12. The first kappa shape index (κ1) is 24.5. The second kappa shape index (κ2) is 9.38. The summed E-state index contributed by atoms with van der Waals surface area (Å²) in [6.45, 7) is 8.86. The summed E-state index contributed by atoms with van der Waals surface area (Å²) >= 11 is 0. The summed E-state index contributed by atoms with van der Waals surface area (Å²) in [4.78, 5) is 54.9. The molecule has 10 nitrogen and oxygen atoms in total. The van der Waals surface area contributed by atoms with Gasteiger partial charge in [0, 0.05) is 62.6 Å². The monoisotopic (exact) mass is 498 g/mol. The van der Waals surface area contributed by atoms with Crippen molar-refractivity contribution in [3.8, 4) is 5.75 Å². The fourth-order valence-electron chi connectivity index (χ4n) is 5.38. The lowest BCUT2D eigenvalue weighted by Gasteiger charge is -2.46. The lowest BCUT2D eigenvalue weighted by atomic mass is 9.87. The maximum absolute atomic E-state index is 13.0. The summed E-state index contributed by atoms with van der Waals surface area (Å²) in [6, 6.07) is 5.24. The molecule has 10 heteroatoms. The SMILES string of the molecule is CC(C)(C)OC(=O)N1CCN([C@H]2C[C@H](Oc3cccc4c3CN(C3CCC(=O)NC3=O)C4=O)C2)CC1. The molecular weight excluding hydrogens is 464 g/mol. The molecule has 1 unspecified atom stereocenters. The number of carbonyl (C=O) groups excluding carboxylic acids is 4. The van der Waals surface area contributed by atoms with Gasteiger partial charge in [0.15, 0.2) is 0 Å². The second-order valence-corrected chi connectivity index (χ2v) is 11.1. The molecule has 1 N–H and O–H groups in total. The van der Waals surface area contributed by atoms with Gasteiger partial charge >= 0.3 is 6.09 Å². The van der Waals surface area contributed by atoms with Crippen molar-refractivity contribution >= 4 is 23.8 Å². The van der Waals surface area contributed by atoms with E-state index in [2.05, 4.69) is 10.2 Å². The van der Waals surface area contributed by atoms with Crippen molar-refractivity contribution in [2.75, 3.05) is 26.2 Å². The van der Waals surface area contributed by atoms with Gasteiger partial charge in [0.1, 0.15) is 23.5 Å². The molecule has 0 spiro atoms. The van der Waals surface area contributed by atoms with Gasteiger partial charge in [-0.2, -0.15) is 0 Å². The van der Waals surface area contributed by atoms with Crippen molar-refractivity contribution in [2.24, 2.45) is 0 Å². The zero-order valence-electron chi connectivity index (χ0n) is 21.1. The number of ether oxygens (including phenoxy) is 2. The molecule has 1 aromatic carbocycles. The van der Waals surface area contributed by atoms with Crippen LogP contribution in [0.25, 0.3) is 0 Å². The maximum Gasteiger partial charge on any atom is 0.410 e. The van der Waals surface area contributed by atoms with Crippen molar-refractivity contribution in [1.82, 2.24) is 20.0 Å². The second-order valence-electron chi connectivity index (χ2n) is 11.1. The minimum absolute atomic E-state index is 0.0603. The van der Waals surface area contributed by atoms with Gasteiger partial charge in [-0.05, 0) is 39.3 Å². The Morgan fingerprint density at radius 2 is 1.78 bits per heavy atom. The molecule has 3 aliphatic heterocycles. The molecule has 3 heterocycles. The number of rotatable bonds is 4.